The van der Waals surface area contributed by atoms with Gasteiger partial charge in [-0.3, -0.25) is 0 Å². The highest BCUT2D eigenvalue weighted by Crippen LogP contribution is 2.33. The highest BCUT2D eigenvalue weighted by molar-refractivity contribution is 6.10. The molecule has 0 spiro atoms. The van der Waals surface area contributed by atoms with Gasteiger partial charge in [-0.2, -0.15) is 0 Å². The average Bonchev–Trinajstić information content (AvgIpc) is 3.36. The van der Waals surface area contributed by atoms with Crippen molar-refractivity contribution in [3.05, 3.63) is 72.3 Å². The molecular formula is C24H22N2O3. The van der Waals surface area contributed by atoms with Crippen LogP contribution in [0.1, 0.15) is 5.56 Å². The molecule has 0 aliphatic carbocycles. The number of aryl methyl sites for hydroxylation is 1. The molecule has 1 unspecified atom stereocenters. The van der Waals surface area contributed by atoms with Gasteiger partial charge in [-0.1, -0.05) is 42.5 Å². The molecule has 0 amide bonds. The van der Waals surface area contributed by atoms with Crippen LogP contribution in [0.15, 0.2) is 71.7 Å². The molecule has 0 bridgehead atoms. The van der Waals surface area contributed by atoms with Gasteiger partial charge in [-0.05, 0) is 36.8 Å². The van der Waals surface area contributed by atoms with Crippen molar-refractivity contribution < 1.29 is 14.2 Å². The summed E-state index contributed by atoms with van der Waals surface area (Å²) >= 11 is 0. The number of nitrogens with zero attached hydrogens (tertiary/aromatic N) is 1. The Labute approximate surface area is 168 Å². The van der Waals surface area contributed by atoms with E-state index < -0.39 is 0 Å². The number of aromatic amines is 1. The summed E-state index contributed by atoms with van der Waals surface area (Å²) in [4.78, 5) is 8.05. The summed E-state index contributed by atoms with van der Waals surface area (Å²) in [6.07, 6.45) is 0. The number of aromatic nitrogens is 1. The van der Waals surface area contributed by atoms with Crippen molar-refractivity contribution in [1.29, 1.82) is 0 Å². The lowest BCUT2D eigenvalue weighted by atomic mass is 10.1. The molecule has 5 rings (SSSR count). The van der Waals surface area contributed by atoms with E-state index in [-0.39, 0.29) is 6.04 Å². The van der Waals surface area contributed by atoms with E-state index >= 15 is 0 Å². The lowest BCUT2D eigenvalue weighted by Crippen LogP contribution is -2.17. The van der Waals surface area contributed by atoms with Gasteiger partial charge in [0.2, 0.25) is 5.90 Å². The van der Waals surface area contributed by atoms with Gasteiger partial charge in [0, 0.05) is 16.3 Å². The quantitative estimate of drug-likeness (QED) is 0.514. The first kappa shape index (κ1) is 17.6. The zero-order valence-corrected chi connectivity index (χ0v) is 16.2. The van der Waals surface area contributed by atoms with Gasteiger partial charge in [0.1, 0.15) is 30.8 Å². The monoisotopic (exact) mass is 386 g/mol. The smallest absolute Gasteiger partial charge is 0.223 e. The molecule has 4 aromatic rings. The number of hydrogen-bond donors (Lipinski definition) is 1. The molecule has 1 atom stereocenters. The summed E-state index contributed by atoms with van der Waals surface area (Å²) < 4.78 is 17.7. The second kappa shape index (κ2) is 7.51. The Morgan fingerprint density at radius 1 is 0.931 bits per heavy atom. The van der Waals surface area contributed by atoms with Crippen LogP contribution in [-0.2, 0) is 4.74 Å². The molecule has 29 heavy (non-hydrogen) atoms. The lowest BCUT2D eigenvalue weighted by molar-refractivity contribution is 0.233. The van der Waals surface area contributed by atoms with Gasteiger partial charge in [0.15, 0.2) is 6.61 Å². The van der Waals surface area contributed by atoms with Gasteiger partial charge >= 0.3 is 0 Å². The minimum absolute atomic E-state index is 0.0166. The second-order valence-electron chi connectivity index (χ2n) is 7.20. The van der Waals surface area contributed by atoms with E-state index in [4.69, 9.17) is 14.2 Å². The maximum Gasteiger partial charge on any atom is 0.223 e. The Morgan fingerprint density at radius 3 is 2.66 bits per heavy atom. The van der Waals surface area contributed by atoms with Gasteiger partial charge in [-0.25, -0.2) is 4.99 Å². The number of nitrogens with one attached hydrogen (secondary N) is 1. The van der Waals surface area contributed by atoms with E-state index in [2.05, 4.69) is 28.2 Å². The van der Waals surface area contributed by atoms with Gasteiger partial charge in [0.25, 0.3) is 0 Å². The van der Waals surface area contributed by atoms with Crippen LogP contribution in [0.3, 0.4) is 0 Å². The van der Waals surface area contributed by atoms with E-state index in [9.17, 15) is 0 Å². The van der Waals surface area contributed by atoms with Crippen LogP contribution in [0.5, 0.6) is 11.5 Å². The Balaban J connectivity index is 1.27. The van der Waals surface area contributed by atoms with Crippen molar-refractivity contribution >= 4 is 27.7 Å². The standard InChI is InChI=1S/C24H22N2O3/c1-16-7-2-5-11-21(16)27-13-17-14-29-23(25-17)15-28-22-12-6-10-20-24(22)18-8-3-4-9-19(18)26-20/h2-12,17,26H,13-15H2,1H3. The Hall–Kier alpha value is -3.47. The summed E-state index contributed by atoms with van der Waals surface area (Å²) in [5.74, 6) is 2.32. The molecule has 0 saturated carbocycles. The number of H-pyrrole nitrogens is 1. The van der Waals surface area contributed by atoms with Crippen LogP contribution < -0.4 is 9.47 Å². The van der Waals surface area contributed by atoms with Crippen LogP contribution in [0.25, 0.3) is 21.8 Å². The van der Waals surface area contributed by atoms with E-state index in [1.165, 1.54) is 0 Å². The van der Waals surface area contributed by atoms with Crippen molar-refractivity contribution in [2.24, 2.45) is 4.99 Å². The third-order valence-corrected chi connectivity index (χ3v) is 5.14. The van der Waals surface area contributed by atoms with Crippen LogP contribution in [0, 0.1) is 6.92 Å². The SMILES string of the molecule is Cc1ccccc1OCC1COC(COc2cccc3[nH]c4ccccc4c23)=N1. The number of para-hydroxylation sites is 2. The molecule has 5 nitrogen and oxygen atoms in total. The number of benzene rings is 3. The molecular weight excluding hydrogens is 364 g/mol. The molecule has 1 aromatic heterocycles. The Bertz CT molecular complexity index is 1200. The van der Waals surface area contributed by atoms with Crippen molar-refractivity contribution in [2.75, 3.05) is 19.8 Å². The Kier molecular flexibility index (Phi) is 4.56. The summed E-state index contributed by atoms with van der Waals surface area (Å²) in [7, 11) is 0. The summed E-state index contributed by atoms with van der Waals surface area (Å²) in [6.45, 7) is 3.35. The summed E-state index contributed by atoms with van der Waals surface area (Å²) in [5.41, 5.74) is 3.27. The van der Waals surface area contributed by atoms with Crippen molar-refractivity contribution in [1.82, 2.24) is 4.98 Å². The number of hydrogen-bond acceptors (Lipinski definition) is 4. The van der Waals surface area contributed by atoms with E-state index in [0.717, 1.165) is 38.9 Å². The predicted octanol–water partition coefficient (Wildman–Crippen LogP) is 4.88. The molecule has 1 N–H and O–H groups in total. The van der Waals surface area contributed by atoms with Gasteiger partial charge in [0.05, 0.1) is 5.52 Å². The van der Waals surface area contributed by atoms with Crippen LogP contribution in [0.2, 0.25) is 0 Å². The van der Waals surface area contributed by atoms with Gasteiger partial charge in [-0.15, -0.1) is 0 Å². The molecule has 2 heterocycles. The first-order chi connectivity index (χ1) is 14.3. The zero-order chi connectivity index (χ0) is 19.6. The minimum Gasteiger partial charge on any atom is -0.491 e. The average molecular weight is 386 g/mol. The number of ether oxygens (including phenoxy) is 3. The number of rotatable bonds is 6. The third kappa shape index (κ3) is 3.51. The zero-order valence-electron chi connectivity index (χ0n) is 16.2. The van der Waals surface area contributed by atoms with Crippen molar-refractivity contribution in [3.8, 4) is 11.5 Å². The first-order valence-corrected chi connectivity index (χ1v) is 9.78. The Morgan fingerprint density at radius 2 is 1.72 bits per heavy atom. The first-order valence-electron chi connectivity index (χ1n) is 9.78. The topological polar surface area (TPSA) is 55.8 Å². The van der Waals surface area contributed by atoms with Crippen LogP contribution >= 0.6 is 0 Å². The molecule has 0 saturated heterocycles. The molecule has 5 heteroatoms. The highest BCUT2D eigenvalue weighted by atomic mass is 16.5. The lowest BCUT2D eigenvalue weighted by Gasteiger charge is -2.10. The highest BCUT2D eigenvalue weighted by Gasteiger charge is 2.21. The molecule has 1 aliphatic rings. The molecule has 3 aromatic carbocycles. The van der Waals surface area contributed by atoms with Crippen LogP contribution in [0.4, 0.5) is 0 Å². The predicted molar refractivity (Wildman–Crippen MR) is 115 cm³/mol. The van der Waals surface area contributed by atoms with Crippen LogP contribution in [-0.4, -0.2) is 36.7 Å². The molecule has 0 fully saturated rings. The molecule has 0 radical (unpaired) electrons. The largest absolute Gasteiger partial charge is 0.491 e. The normalized spacial score (nSPS) is 16.0. The van der Waals surface area contributed by atoms with E-state index in [1.54, 1.807) is 0 Å². The summed E-state index contributed by atoms with van der Waals surface area (Å²) in [5, 5.41) is 2.23. The van der Waals surface area contributed by atoms with Crippen molar-refractivity contribution in [2.45, 2.75) is 13.0 Å². The molecule has 146 valence electrons. The maximum atomic E-state index is 6.08. The third-order valence-electron chi connectivity index (χ3n) is 5.14. The molecule has 1 aliphatic heterocycles. The summed E-state index contributed by atoms with van der Waals surface area (Å²) in [6, 6.07) is 22.2. The minimum atomic E-state index is -0.0166. The van der Waals surface area contributed by atoms with Crippen molar-refractivity contribution in [3.63, 3.8) is 0 Å². The van der Waals surface area contributed by atoms with E-state index in [0.29, 0.717) is 25.7 Å². The fraction of sp³-hybridized carbons (Fsp3) is 0.208. The van der Waals surface area contributed by atoms with Gasteiger partial charge < -0.3 is 19.2 Å². The number of fused-ring (bicyclic) bond motifs is 3. The van der Waals surface area contributed by atoms with E-state index in [1.807, 2.05) is 55.5 Å². The second-order valence-corrected chi connectivity index (χ2v) is 7.20. The fourth-order valence-corrected chi connectivity index (χ4v) is 3.67. The maximum absolute atomic E-state index is 6.08. The fourth-order valence-electron chi connectivity index (χ4n) is 3.67. The number of aliphatic imine (C=N–C) groups is 1.